The molecule has 0 fully saturated rings. The molecular formula is C12H17N3O3. The third kappa shape index (κ3) is 5.83. The Hall–Kier alpha value is -2.11. The topological polar surface area (TPSA) is 73.2 Å². The van der Waals surface area contributed by atoms with Gasteiger partial charge in [0.2, 0.25) is 5.91 Å². The van der Waals surface area contributed by atoms with Crippen molar-refractivity contribution in [2.24, 2.45) is 0 Å². The molecule has 1 rings (SSSR count). The number of carbonyl (C=O) groups excluding carboxylic acids is 2. The van der Waals surface area contributed by atoms with E-state index in [0.717, 1.165) is 19.0 Å². The molecule has 1 aromatic rings. The highest BCUT2D eigenvalue weighted by Crippen LogP contribution is 1.89. The molecule has 98 valence electrons. The number of esters is 1. The Bertz CT molecular complexity index is 399. The third-order valence-corrected chi connectivity index (χ3v) is 2.11. The maximum Gasteiger partial charge on any atom is 0.330 e. The van der Waals surface area contributed by atoms with E-state index in [-0.39, 0.29) is 5.91 Å². The van der Waals surface area contributed by atoms with Gasteiger partial charge in [-0.25, -0.2) is 9.78 Å². The Morgan fingerprint density at radius 3 is 2.94 bits per heavy atom. The van der Waals surface area contributed by atoms with E-state index in [1.54, 1.807) is 19.4 Å². The Balaban J connectivity index is 2.11. The minimum Gasteiger partial charge on any atom is -0.463 e. The summed E-state index contributed by atoms with van der Waals surface area (Å²) in [4.78, 5) is 26.1. The van der Waals surface area contributed by atoms with Crippen LogP contribution in [0.5, 0.6) is 0 Å². The maximum atomic E-state index is 11.3. The van der Waals surface area contributed by atoms with Gasteiger partial charge in [0.15, 0.2) is 0 Å². The first-order valence-corrected chi connectivity index (χ1v) is 5.80. The average Bonchev–Trinajstić information content (AvgIpc) is 2.85. The van der Waals surface area contributed by atoms with Gasteiger partial charge in [-0.15, -0.1) is 0 Å². The summed E-state index contributed by atoms with van der Waals surface area (Å²) in [6, 6.07) is 0. The van der Waals surface area contributed by atoms with Crippen molar-refractivity contribution in [2.75, 3.05) is 13.2 Å². The van der Waals surface area contributed by atoms with E-state index in [0.29, 0.717) is 13.2 Å². The van der Waals surface area contributed by atoms with Gasteiger partial charge in [-0.1, -0.05) is 0 Å². The first kappa shape index (κ1) is 14.0. The summed E-state index contributed by atoms with van der Waals surface area (Å²) in [6.07, 6.45) is 8.39. The lowest BCUT2D eigenvalue weighted by Gasteiger charge is -2.03. The summed E-state index contributed by atoms with van der Waals surface area (Å²) in [6.45, 7) is 3.35. The van der Waals surface area contributed by atoms with Gasteiger partial charge in [-0.2, -0.15) is 0 Å². The molecule has 1 heterocycles. The van der Waals surface area contributed by atoms with Crippen LogP contribution >= 0.6 is 0 Å². The van der Waals surface area contributed by atoms with Crippen LogP contribution in [-0.4, -0.2) is 34.6 Å². The molecule has 0 aliphatic carbocycles. The van der Waals surface area contributed by atoms with Crippen molar-refractivity contribution in [2.45, 2.75) is 19.9 Å². The summed E-state index contributed by atoms with van der Waals surface area (Å²) in [5, 5.41) is 2.68. The molecule has 0 bridgehead atoms. The van der Waals surface area contributed by atoms with Crippen LogP contribution in [-0.2, 0) is 20.9 Å². The number of aromatic nitrogens is 2. The van der Waals surface area contributed by atoms with E-state index >= 15 is 0 Å². The van der Waals surface area contributed by atoms with Crippen molar-refractivity contribution in [1.82, 2.24) is 14.9 Å². The minimum absolute atomic E-state index is 0.298. The maximum absolute atomic E-state index is 11.3. The van der Waals surface area contributed by atoms with E-state index in [4.69, 9.17) is 0 Å². The molecule has 0 aromatic carbocycles. The van der Waals surface area contributed by atoms with Gasteiger partial charge in [0.05, 0.1) is 12.9 Å². The summed E-state index contributed by atoms with van der Waals surface area (Å²) in [7, 11) is 0. The monoisotopic (exact) mass is 251 g/mol. The Morgan fingerprint density at radius 2 is 2.28 bits per heavy atom. The van der Waals surface area contributed by atoms with Crippen LogP contribution in [0.15, 0.2) is 30.9 Å². The molecule has 18 heavy (non-hydrogen) atoms. The number of carbonyl (C=O) groups is 2. The van der Waals surface area contributed by atoms with E-state index in [1.807, 2.05) is 10.8 Å². The average molecular weight is 251 g/mol. The molecule has 1 aromatic heterocycles. The zero-order valence-corrected chi connectivity index (χ0v) is 10.3. The number of hydrogen-bond donors (Lipinski definition) is 1. The van der Waals surface area contributed by atoms with Gasteiger partial charge in [0, 0.05) is 37.6 Å². The Morgan fingerprint density at radius 1 is 1.44 bits per heavy atom. The van der Waals surface area contributed by atoms with Crippen molar-refractivity contribution in [1.29, 1.82) is 0 Å². The largest absolute Gasteiger partial charge is 0.463 e. The molecule has 0 aliphatic rings. The fourth-order valence-electron chi connectivity index (χ4n) is 1.29. The lowest BCUT2D eigenvalue weighted by Crippen LogP contribution is -2.23. The highest BCUT2D eigenvalue weighted by Gasteiger charge is 1.98. The molecule has 1 N–H and O–H groups in total. The highest BCUT2D eigenvalue weighted by molar-refractivity contribution is 5.94. The van der Waals surface area contributed by atoms with Gasteiger partial charge < -0.3 is 14.6 Å². The zero-order chi connectivity index (χ0) is 13.2. The van der Waals surface area contributed by atoms with Gasteiger partial charge in [-0.05, 0) is 13.3 Å². The van der Waals surface area contributed by atoms with Gasteiger partial charge >= 0.3 is 5.97 Å². The summed E-state index contributed by atoms with van der Waals surface area (Å²) >= 11 is 0. The second-order valence-electron chi connectivity index (χ2n) is 3.53. The second-order valence-corrected chi connectivity index (χ2v) is 3.53. The number of rotatable bonds is 7. The lowest BCUT2D eigenvalue weighted by atomic mass is 10.4. The molecule has 0 spiro atoms. The standard InChI is InChI=1S/C12H17N3O3/c1-2-18-12(17)5-4-11(16)14-6-3-8-15-9-7-13-10-15/h4-5,7,9-10H,2-3,6,8H2,1H3,(H,14,16)/b5-4+. The first-order valence-electron chi connectivity index (χ1n) is 5.80. The molecular weight excluding hydrogens is 234 g/mol. The molecule has 0 aliphatic heterocycles. The van der Waals surface area contributed by atoms with Crippen LogP contribution in [0, 0.1) is 0 Å². The number of ether oxygens (including phenoxy) is 1. The molecule has 6 nitrogen and oxygen atoms in total. The van der Waals surface area contributed by atoms with E-state index < -0.39 is 5.97 Å². The van der Waals surface area contributed by atoms with Gasteiger partial charge in [0.1, 0.15) is 0 Å². The minimum atomic E-state index is -0.508. The van der Waals surface area contributed by atoms with Crippen LogP contribution in [0.3, 0.4) is 0 Å². The summed E-state index contributed by atoms with van der Waals surface area (Å²) < 4.78 is 6.58. The Kier molecular flexibility index (Phi) is 6.24. The molecule has 6 heteroatoms. The molecule has 0 saturated carbocycles. The van der Waals surface area contributed by atoms with Crippen LogP contribution in [0.25, 0.3) is 0 Å². The van der Waals surface area contributed by atoms with E-state index in [2.05, 4.69) is 15.0 Å². The number of nitrogens with one attached hydrogen (secondary N) is 1. The predicted molar refractivity (Wildman–Crippen MR) is 65.6 cm³/mol. The molecule has 0 atom stereocenters. The van der Waals surface area contributed by atoms with Crippen LogP contribution < -0.4 is 5.32 Å². The lowest BCUT2D eigenvalue weighted by molar-refractivity contribution is -0.137. The first-order chi connectivity index (χ1) is 8.72. The van der Waals surface area contributed by atoms with Crippen LogP contribution in [0.4, 0.5) is 0 Å². The normalized spacial score (nSPS) is 10.5. The number of aryl methyl sites for hydroxylation is 1. The number of nitrogens with zero attached hydrogens (tertiary/aromatic N) is 2. The number of hydrogen-bond acceptors (Lipinski definition) is 4. The highest BCUT2D eigenvalue weighted by atomic mass is 16.5. The van der Waals surface area contributed by atoms with Crippen molar-refractivity contribution in [3.63, 3.8) is 0 Å². The van der Waals surface area contributed by atoms with Crippen molar-refractivity contribution >= 4 is 11.9 Å². The molecule has 0 saturated heterocycles. The fourth-order valence-corrected chi connectivity index (χ4v) is 1.29. The van der Waals surface area contributed by atoms with Gasteiger partial charge in [0.25, 0.3) is 0 Å². The van der Waals surface area contributed by atoms with Crippen LogP contribution in [0.1, 0.15) is 13.3 Å². The van der Waals surface area contributed by atoms with Crippen LogP contribution in [0.2, 0.25) is 0 Å². The Labute approximate surface area is 106 Å². The molecule has 0 unspecified atom stereocenters. The number of amides is 1. The SMILES string of the molecule is CCOC(=O)/C=C/C(=O)NCCCn1ccnc1. The van der Waals surface area contributed by atoms with E-state index in [9.17, 15) is 9.59 Å². The molecule has 0 radical (unpaired) electrons. The fraction of sp³-hybridized carbons (Fsp3) is 0.417. The zero-order valence-electron chi connectivity index (χ0n) is 10.3. The smallest absolute Gasteiger partial charge is 0.330 e. The summed E-state index contributed by atoms with van der Waals surface area (Å²) in [5.74, 6) is -0.806. The van der Waals surface area contributed by atoms with E-state index in [1.165, 1.54) is 6.08 Å². The quantitative estimate of drug-likeness (QED) is 0.435. The molecule has 1 amide bonds. The van der Waals surface area contributed by atoms with Crippen molar-refractivity contribution in [3.05, 3.63) is 30.9 Å². The van der Waals surface area contributed by atoms with Crippen molar-refractivity contribution < 1.29 is 14.3 Å². The number of imidazole rings is 1. The second kappa shape index (κ2) is 8.05. The van der Waals surface area contributed by atoms with Crippen molar-refractivity contribution in [3.8, 4) is 0 Å². The third-order valence-electron chi connectivity index (χ3n) is 2.11. The summed E-state index contributed by atoms with van der Waals surface area (Å²) in [5.41, 5.74) is 0. The van der Waals surface area contributed by atoms with Gasteiger partial charge in [-0.3, -0.25) is 4.79 Å². The predicted octanol–water partition coefficient (Wildman–Crippen LogP) is 0.509.